The zero-order chi connectivity index (χ0) is 19.9. The zero-order valence-corrected chi connectivity index (χ0v) is 16.5. The molecule has 0 saturated carbocycles. The summed E-state index contributed by atoms with van der Waals surface area (Å²) in [6.45, 7) is 1.42. The van der Waals surface area contributed by atoms with Crippen molar-refractivity contribution in [3.05, 3.63) is 88.0 Å². The van der Waals surface area contributed by atoms with Crippen molar-refractivity contribution in [2.75, 3.05) is 13.2 Å². The highest BCUT2D eigenvalue weighted by Gasteiger charge is 2.16. The molecule has 3 aromatic rings. The van der Waals surface area contributed by atoms with Crippen LogP contribution >= 0.6 is 23.2 Å². The summed E-state index contributed by atoms with van der Waals surface area (Å²) in [7, 11) is 0. The molecule has 7 heteroatoms. The number of ether oxygens (including phenoxy) is 1. The summed E-state index contributed by atoms with van der Waals surface area (Å²) in [5.74, 6) is 0.938. The number of aliphatic hydroxyl groups is 1. The lowest BCUT2D eigenvalue weighted by molar-refractivity contribution is 0.0604. The van der Waals surface area contributed by atoms with Crippen molar-refractivity contribution < 1.29 is 18.7 Å². The molecule has 2 aromatic carbocycles. The summed E-state index contributed by atoms with van der Waals surface area (Å²) in [5, 5.41) is 11.6. The number of halogens is 3. The molecule has 0 aliphatic carbocycles. The minimum absolute atomic E-state index is 0.0780. The summed E-state index contributed by atoms with van der Waals surface area (Å²) in [4.78, 5) is 2.01. The Morgan fingerprint density at radius 3 is 2.54 bits per heavy atom. The number of hydrogen-bond acceptors (Lipinski definition) is 4. The Balaban J connectivity index is 1.63. The average molecular weight is 424 g/mol. The fourth-order valence-electron chi connectivity index (χ4n) is 2.77. The van der Waals surface area contributed by atoms with E-state index < -0.39 is 6.10 Å². The van der Waals surface area contributed by atoms with E-state index in [1.54, 1.807) is 18.4 Å². The fraction of sp³-hybridized carbons (Fsp3) is 0.238. The topological polar surface area (TPSA) is 45.8 Å². The van der Waals surface area contributed by atoms with Crippen molar-refractivity contribution in [1.82, 2.24) is 4.90 Å². The summed E-state index contributed by atoms with van der Waals surface area (Å²) < 4.78 is 23.9. The molecule has 3 rings (SSSR count). The summed E-state index contributed by atoms with van der Waals surface area (Å²) in [5.41, 5.74) is 0.893. The van der Waals surface area contributed by atoms with Gasteiger partial charge in [-0.25, -0.2) is 4.39 Å². The second-order valence-corrected chi connectivity index (χ2v) is 7.25. The van der Waals surface area contributed by atoms with Crippen LogP contribution < -0.4 is 4.74 Å². The van der Waals surface area contributed by atoms with Crippen molar-refractivity contribution in [3.63, 3.8) is 0 Å². The van der Waals surface area contributed by atoms with Crippen LogP contribution in [0.3, 0.4) is 0 Å². The Kier molecular flexibility index (Phi) is 7.34. The normalized spacial score (nSPS) is 12.3. The lowest BCUT2D eigenvalue weighted by Gasteiger charge is -2.25. The predicted octanol–water partition coefficient (Wildman–Crippen LogP) is 5.17. The van der Waals surface area contributed by atoms with Crippen molar-refractivity contribution in [3.8, 4) is 5.75 Å². The lowest BCUT2D eigenvalue weighted by Crippen LogP contribution is -2.35. The van der Waals surface area contributed by atoms with E-state index in [0.717, 1.165) is 11.3 Å². The van der Waals surface area contributed by atoms with Crippen LogP contribution in [0.4, 0.5) is 4.39 Å². The molecule has 0 saturated heterocycles. The second kappa shape index (κ2) is 9.94. The van der Waals surface area contributed by atoms with Crippen molar-refractivity contribution in [2.45, 2.75) is 19.2 Å². The first-order chi connectivity index (χ1) is 13.5. The minimum atomic E-state index is -0.758. The predicted molar refractivity (Wildman–Crippen MR) is 107 cm³/mol. The molecular formula is C21H20Cl2FNO3. The quantitative estimate of drug-likeness (QED) is 0.515. The third kappa shape index (κ3) is 6.24. The molecule has 0 bridgehead atoms. The number of rotatable bonds is 9. The van der Waals surface area contributed by atoms with E-state index in [9.17, 15) is 9.50 Å². The van der Waals surface area contributed by atoms with E-state index in [0.29, 0.717) is 35.4 Å². The van der Waals surface area contributed by atoms with Crippen LogP contribution in [-0.4, -0.2) is 29.3 Å². The van der Waals surface area contributed by atoms with Gasteiger partial charge in [-0.2, -0.15) is 0 Å². The van der Waals surface area contributed by atoms with Gasteiger partial charge in [-0.05, 0) is 54.1 Å². The van der Waals surface area contributed by atoms with Crippen molar-refractivity contribution >= 4 is 23.2 Å². The van der Waals surface area contributed by atoms with Gasteiger partial charge in [-0.15, -0.1) is 0 Å². The standard InChI is InChI=1S/C21H20Cl2FNO3/c22-16-4-3-15(21(23)10-16)11-25(13-20-2-1-9-27-20)12-18(26)14-28-19-7-5-17(24)6-8-19/h1-10,18,26H,11-14H2. The van der Waals surface area contributed by atoms with Gasteiger partial charge in [0.25, 0.3) is 0 Å². The third-order valence-corrected chi connectivity index (χ3v) is 4.68. The number of benzene rings is 2. The molecule has 0 fully saturated rings. The molecule has 148 valence electrons. The SMILES string of the molecule is OC(COc1ccc(F)cc1)CN(Cc1ccco1)Cc1ccc(Cl)cc1Cl. The first kappa shape index (κ1) is 20.7. The molecule has 1 heterocycles. The van der Waals surface area contributed by atoms with Crippen LogP contribution in [0.15, 0.2) is 65.3 Å². The van der Waals surface area contributed by atoms with Crippen LogP contribution in [0, 0.1) is 5.82 Å². The van der Waals surface area contributed by atoms with Crippen molar-refractivity contribution in [1.29, 1.82) is 0 Å². The molecular weight excluding hydrogens is 404 g/mol. The van der Waals surface area contributed by atoms with Gasteiger partial charge in [-0.3, -0.25) is 4.90 Å². The highest BCUT2D eigenvalue weighted by Crippen LogP contribution is 2.23. The Bertz CT molecular complexity index is 872. The van der Waals surface area contributed by atoms with E-state index in [1.807, 2.05) is 23.1 Å². The molecule has 1 aromatic heterocycles. The zero-order valence-electron chi connectivity index (χ0n) is 15.0. The molecule has 28 heavy (non-hydrogen) atoms. The molecule has 0 radical (unpaired) electrons. The Labute approximate surface area is 173 Å². The largest absolute Gasteiger partial charge is 0.491 e. The number of hydrogen-bond donors (Lipinski definition) is 1. The van der Waals surface area contributed by atoms with E-state index in [2.05, 4.69) is 0 Å². The van der Waals surface area contributed by atoms with Crippen LogP contribution in [0.1, 0.15) is 11.3 Å². The number of furan rings is 1. The Morgan fingerprint density at radius 2 is 1.86 bits per heavy atom. The van der Waals surface area contributed by atoms with Gasteiger partial charge in [0, 0.05) is 23.1 Å². The number of aliphatic hydroxyl groups excluding tert-OH is 1. The number of nitrogens with zero attached hydrogens (tertiary/aromatic N) is 1. The summed E-state index contributed by atoms with van der Waals surface area (Å²) in [6.07, 6.45) is 0.850. The van der Waals surface area contributed by atoms with E-state index in [4.69, 9.17) is 32.4 Å². The molecule has 4 nitrogen and oxygen atoms in total. The van der Waals surface area contributed by atoms with Crippen LogP contribution in [0.5, 0.6) is 5.75 Å². The smallest absolute Gasteiger partial charge is 0.123 e. The highest BCUT2D eigenvalue weighted by molar-refractivity contribution is 6.35. The van der Waals surface area contributed by atoms with Gasteiger partial charge in [0.05, 0.1) is 12.8 Å². The monoisotopic (exact) mass is 423 g/mol. The van der Waals surface area contributed by atoms with Crippen LogP contribution in [0.2, 0.25) is 10.0 Å². The Morgan fingerprint density at radius 1 is 1.07 bits per heavy atom. The molecule has 1 atom stereocenters. The molecule has 1 unspecified atom stereocenters. The molecule has 0 amide bonds. The van der Waals surface area contributed by atoms with Crippen molar-refractivity contribution in [2.24, 2.45) is 0 Å². The average Bonchev–Trinajstić information content (AvgIpc) is 3.16. The first-order valence-corrected chi connectivity index (χ1v) is 9.50. The van der Waals surface area contributed by atoms with Gasteiger partial charge in [-0.1, -0.05) is 29.3 Å². The fourth-order valence-corrected chi connectivity index (χ4v) is 3.24. The Hall–Kier alpha value is -2.05. The van der Waals surface area contributed by atoms with Gasteiger partial charge in [0.1, 0.15) is 30.0 Å². The molecule has 0 aliphatic heterocycles. The highest BCUT2D eigenvalue weighted by atomic mass is 35.5. The van der Waals surface area contributed by atoms with E-state index in [1.165, 1.54) is 24.3 Å². The molecule has 0 spiro atoms. The van der Waals surface area contributed by atoms with E-state index >= 15 is 0 Å². The lowest BCUT2D eigenvalue weighted by atomic mass is 10.2. The van der Waals surface area contributed by atoms with Gasteiger partial charge < -0.3 is 14.3 Å². The maximum atomic E-state index is 13.0. The third-order valence-electron chi connectivity index (χ3n) is 4.09. The maximum Gasteiger partial charge on any atom is 0.123 e. The van der Waals surface area contributed by atoms with Gasteiger partial charge in [0.15, 0.2) is 0 Å². The van der Waals surface area contributed by atoms with Gasteiger partial charge >= 0.3 is 0 Å². The first-order valence-electron chi connectivity index (χ1n) is 8.74. The van der Waals surface area contributed by atoms with E-state index in [-0.39, 0.29) is 12.4 Å². The maximum absolute atomic E-state index is 13.0. The molecule has 1 N–H and O–H groups in total. The van der Waals surface area contributed by atoms with Crippen LogP contribution in [-0.2, 0) is 13.1 Å². The summed E-state index contributed by atoms with van der Waals surface area (Å²) in [6, 6.07) is 14.7. The van der Waals surface area contributed by atoms with Gasteiger partial charge in [0.2, 0.25) is 0 Å². The summed E-state index contributed by atoms with van der Waals surface area (Å²) >= 11 is 12.3. The minimum Gasteiger partial charge on any atom is -0.491 e. The van der Waals surface area contributed by atoms with Crippen LogP contribution in [0.25, 0.3) is 0 Å². The second-order valence-electron chi connectivity index (χ2n) is 6.40. The molecule has 0 aliphatic rings.